The van der Waals surface area contributed by atoms with E-state index in [1.807, 2.05) is 13.8 Å². The number of carboxylic acid groups (broad SMARTS) is 1. The van der Waals surface area contributed by atoms with Crippen LogP contribution in [0.4, 0.5) is 0 Å². The van der Waals surface area contributed by atoms with Crippen molar-refractivity contribution in [3.05, 3.63) is 0 Å². The highest BCUT2D eigenvalue weighted by Gasteiger charge is 2.22. The van der Waals surface area contributed by atoms with Crippen LogP contribution in [0.25, 0.3) is 0 Å². The monoisotopic (exact) mass is 269 g/mol. The Balaban J connectivity index is 2.21. The lowest BCUT2D eigenvalue weighted by molar-refractivity contribution is -0.143. The standard InChI is InChI=1S/C15H27NO3/c1-11(2)13(15(18)19)10-16-14(17)9-8-12-6-4-3-5-7-12/h11-13H,3-10H2,1-2H3,(H,16,17)(H,18,19). The van der Waals surface area contributed by atoms with E-state index in [4.69, 9.17) is 5.11 Å². The lowest BCUT2D eigenvalue weighted by atomic mass is 9.86. The molecule has 1 unspecified atom stereocenters. The summed E-state index contributed by atoms with van der Waals surface area (Å²) >= 11 is 0. The molecule has 1 atom stereocenters. The molecule has 0 saturated heterocycles. The minimum Gasteiger partial charge on any atom is -0.481 e. The molecule has 0 aromatic rings. The van der Waals surface area contributed by atoms with Crippen molar-refractivity contribution in [2.75, 3.05) is 6.54 Å². The maximum absolute atomic E-state index is 11.7. The van der Waals surface area contributed by atoms with Gasteiger partial charge in [-0.05, 0) is 18.3 Å². The predicted molar refractivity (Wildman–Crippen MR) is 74.8 cm³/mol. The quantitative estimate of drug-likeness (QED) is 0.747. The van der Waals surface area contributed by atoms with Gasteiger partial charge in [-0.2, -0.15) is 0 Å². The first kappa shape index (κ1) is 16.0. The number of aliphatic carboxylic acids is 1. The van der Waals surface area contributed by atoms with E-state index < -0.39 is 11.9 Å². The third-order valence-corrected chi connectivity index (χ3v) is 4.15. The zero-order chi connectivity index (χ0) is 14.3. The Hall–Kier alpha value is -1.06. The third kappa shape index (κ3) is 6.08. The van der Waals surface area contributed by atoms with Crippen LogP contribution in [0.5, 0.6) is 0 Å². The molecule has 4 heteroatoms. The molecule has 0 aliphatic heterocycles. The van der Waals surface area contributed by atoms with Crippen LogP contribution in [0, 0.1) is 17.8 Å². The lowest BCUT2D eigenvalue weighted by Crippen LogP contribution is -2.35. The Morgan fingerprint density at radius 2 is 1.84 bits per heavy atom. The molecule has 1 rings (SSSR count). The fourth-order valence-electron chi connectivity index (χ4n) is 2.73. The second-order valence-electron chi connectivity index (χ2n) is 6.04. The Morgan fingerprint density at radius 1 is 1.21 bits per heavy atom. The summed E-state index contributed by atoms with van der Waals surface area (Å²) in [5.41, 5.74) is 0. The molecule has 4 nitrogen and oxygen atoms in total. The lowest BCUT2D eigenvalue weighted by Gasteiger charge is -2.21. The number of amides is 1. The number of hydrogen-bond acceptors (Lipinski definition) is 2. The number of carbonyl (C=O) groups excluding carboxylic acids is 1. The fourth-order valence-corrected chi connectivity index (χ4v) is 2.73. The Bertz CT molecular complexity index is 296. The highest BCUT2D eigenvalue weighted by atomic mass is 16.4. The summed E-state index contributed by atoms with van der Waals surface area (Å²) in [5.74, 6) is -0.588. The molecule has 0 aromatic heterocycles. The molecule has 110 valence electrons. The van der Waals surface area contributed by atoms with Gasteiger partial charge in [0.25, 0.3) is 0 Å². The van der Waals surface area contributed by atoms with Gasteiger partial charge >= 0.3 is 5.97 Å². The molecule has 19 heavy (non-hydrogen) atoms. The van der Waals surface area contributed by atoms with E-state index in [1.54, 1.807) is 0 Å². The van der Waals surface area contributed by atoms with Crippen LogP contribution in [-0.2, 0) is 9.59 Å². The first-order valence-corrected chi connectivity index (χ1v) is 7.50. The topological polar surface area (TPSA) is 66.4 Å². The van der Waals surface area contributed by atoms with Gasteiger partial charge in [-0.1, -0.05) is 46.0 Å². The second kappa shape index (κ2) is 8.18. The van der Waals surface area contributed by atoms with Crippen molar-refractivity contribution >= 4 is 11.9 Å². The van der Waals surface area contributed by atoms with Gasteiger partial charge < -0.3 is 10.4 Å². The maximum Gasteiger partial charge on any atom is 0.308 e. The molecule has 1 aliphatic rings. The fraction of sp³-hybridized carbons (Fsp3) is 0.867. The summed E-state index contributed by atoms with van der Waals surface area (Å²) in [5, 5.41) is 11.8. The zero-order valence-electron chi connectivity index (χ0n) is 12.2. The SMILES string of the molecule is CC(C)C(CNC(=O)CCC1CCCCC1)C(=O)O. The van der Waals surface area contributed by atoms with Crippen LogP contribution in [0.3, 0.4) is 0 Å². The number of carbonyl (C=O) groups is 2. The van der Waals surface area contributed by atoms with E-state index >= 15 is 0 Å². The summed E-state index contributed by atoms with van der Waals surface area (Å²) < 4.78 is 0. The second-order valence-corrected chi connectivity index (χ2v) is 6.04. The molecule has 0 heterocycles. The smallest absolute Gasteiger partial charge is 0.308 e. The minimum absolute atomic E-state index is 0.00234. The van der Waals surface area contributed by atoms with Crippen molar-refractivity contribution in [1.82, 2.24) is 5.32 Å². The van der Waals surface area contributed by atoms with Crippen LogP contribution < -0.4 is 5.32 Å². The first-order chi connectivity index (χ1) is 9.00. The third-order valence-electron chi connectivity index (χ3n) is 4.15. The summed E-state index contributed by atoms with van der Waals surface area (Å²) in [6.45, 7) is 3.98. The maximum atomic E-state index is 11.7. The van der Waals surface area contributed by atoms with E-state index in [1.165, 1.54) is 32.1 Å². The van der Waals surface area contributed by atoms with Crippen LogP contribution >= 0.6 is 0 Å². The molecular formula is C15H27NO3. The minimum atomic E-state index is -0.831. The molecule has 1 fully saturated rings. The predicted octanol–water partition coefficient (Wildman–Crippen LogP) is 2.82. The van der Waals surface area contributed by atoms with E-state index in [-0.39, 0.29) is 18.4 Å². The number of carboxylic acids is 1. The Labute approximate surface area is 116 Å². The van der Waals surface area contributed by atoms with Gasteiger partial charge in [0.15, 0.2) is 0 Å². The van der Waals surface area contributed by atoms with Crippen molar-refractivity contribution in [1.29, 1.82) is 0 Å². The molecule has 0 radical (unpaired) electrons. The van der Waals surface area contributed by atoms with E-state index in [0.29, 0.717) is 12.3 Å². The first-order valence-electron chi connectivity index (χ1n) is 7.50. The van der Waals surface area contributed by atoms with Gasteiger partial charge in [0.05, 0.1) is 5.92 Å². The van der Waals surface area contributed by atoms with Crippen LogP contribution in [0.15, 0.2) is 0 Å². The van der Waals surface area contributed by atoms with Gasteiger partial charge in [0, 0.05) is 13.0 Å². The molecule has 1 saturated carbocycles. The Morgan fingerprint density at radius 3 is 2.37 bits per heavy atom. The van der Waals surface area contributed by atoms with Crippen LogP contribution in [-0.4, -0.2) is 23.5 Å². The van der Waals surface area contributed by atoms with Crippen molar-refractivity contribution in [3.63, 3.8) is 0 Å². The highest BCUT2D eigenvalue weighted by molar-refractivity contribution is 5.77. The molecule has 0 aromatic carbocycles. The number of rotatable bonds is 7. The molecular weight excluding hydrogens is 242 g/mol. The van der Waals surface area contributed by atoms with Gasteiger partial charge in [-0.25, -0.2) is 0 Å². The van der Waals surface area contributed by atoms with Crippen molar-refractivity contribution in [3.8, 4) is 0 Å². The van der Waals surface area contributed by atoms with E-state index in [2.05, 4.69) is 5.32 Å². The van der Waals surface area contributed by atoms with Crippen LogP contribution in [0.2, 0.25) is 0 Å². The van der Waals surface area contributed by atoms with E-state index in [0.717, 1.165) is 6.42 Å². The average molecular weight is 269 g/mol. The van der Waals surface area contributed by atoms with Gasteiger partial charge in [0.1, 0.15) is 0 Å². The van der Waals surface area contributed by atoms with Crippen molar-refractivity contribution < 1.29 is 14.7 Å². The largest absolute Gasteiger partial charge is 0.481 e. The molecule has 2 N–H and O–H groups in total. The van der Waals surface area contributed by atoms with Crippen molar-refractivity contribution in [2.24, 2.45) is 17.8 Å². The molecule has 1 amide bonds. The van der Waals surface area contributed by atoms with Gasteiger partial charge in [0.2, 0.25) is 5.91 Å². The normalized spacial score (nSPS) is 18.3. The summed E-state index contributed by atoms with van der Waals surface area (Å²) in [6, 6.07) is 0. The van der Waals surface area contributed by atoms with E-state index in [9.17, 15) is 9.59 Å². The molecule has 1 aliphatic carbocycles. The van der Waals surface area contributed by atoms with Gasteiger partial charge in [-0.15, -0.1) is 0 Å². The average Bonchev–Trinajstić information content (AvgIpc) is 2.37. The summed E-state index contributed by atoms with van der Waals surface area (Å²) in [4.78, 5) is 22.7. The van der Waals surface area contributed by atoms with Crippen molar-refractivity contribution in [2.45, 2.75) is 58.8 Å². The molecule has 0 bridgehead atoms. The van der Waals surface area contributed by atoms with Crippen LogP contribution in [0.1, 0.15) is 58.8 Å². The highest BCUT2D eigenvalue weighted by Crippen LogP contribution is 2.27. The van der Waals surface area contributed by atoms with Gasteiger partial charge in [-0.3, -0.25) is 9.59 Å². The summed E-state index contributed by atoms with van der Waals surface area (Å²) in [7, 11) is 0. The zero-order valence-corrected chi connectivity index (χ0v) is 12.2. The summed E-state index contributed by atoms with van der Waals surface area (Å²) in [6.07, 6.45) is 7.90. The number of nitrogens with one attached hydrogen (secondary N) is 1. The Kier molecular flexibility index (Phi) is 6.89. The number of hydrogen-bond donors (Lipinski definition) is 2. The molecule has 0 spiro atoms.